The van der Waals surface area contributed by atoms with Gasteiger partial charge in [0.25, 0.3) is 0 Å². The third-order valence-corrected chi connectivity index (χ3v) is 3.89. The molecule has 1 fully saturated rings. The van der Waals surface area contributed by atoms with Gasteiger partial charge in [-0.05, 0) is 6.92 Å². The van der Waals surface area contributed by atoms with Crippen molar-refractivity contribution in [2.24, 2.45) is 0 Å². The van der Waals surface area contributed by atoms with E-state index in [1.54, 1.807) is 0 Å². The van der Waals surface area contributed by atoms with Gasteiger partial charge in [0.2, 0.25) is 5.91 Å². The maximum Gasteiger partial charge on any atom is 0.217 e. The number of carbonyl (C=O) groups excluding carboxylic acids is 2. The number of rotatable bonds is 8. The highest BCUT2D eigenvalue weighted by atomic mass is 16.7. The van der Waals surface area contributed by atoms with Gasteiger partial charge in [-0.25, -0.2) is 0 Å². The van der Waals surface area contributed by atoms with Crippen molar-refractivity contribution in [2.45, 2.75) is 68.9 Å². The fourth-order valence-corrected chi connectivity index (χ4v) is 2.41. The minimum Gasteiger partial charge on any atom is -0.394 e. The molecule has 11 nitrogen and oxygen atoms in total. The molecule has 11 heteroatoms. The highest BCUT2D eigenvalue weighted by Crippen LogP contribution is 2.24. The van der Waals surface area contributed by atoms with Crippen molar-refractivity contribution in [2.75, 3.05) is 6.61 Å². The average Bonchev–Trinajstić information content (AvgIpc) is 2.58. The molecule has 7 N–H and O–H groups in total. The molecule has 0 aromatic rings. The summed E-state index contributed by atoms with van der Waals surface area (Å²) >= 11 is 0. The molecule has 1 aliphatic rings. The molecule has 0 aromatic heterocycles. The zero-order valence-corrected chi connectivity index (χ0v) is 13.8. The van der Waals surface area contributed by atoms with Crippen LogP contribution in [0, 0.1) is 0 Å². The summed E-state index contributed by atoms with van der Waals surface area (Å²) < 4.78 is 10.5. The van der Waals surface area contributed by atoms with E-state index in [0.717, 1.165) is 6.92 Å². The summed E-state index contributed by atoms with van der Waals surface area (Å²) in [6.45, 7) is 1.64. The van der Waals surface area contributed by atoms with Gasteiger partial charge in [0, 0.05) is 6.92 Å². The quantitative estimate of drug-likeness (QED) is 0.207. The lowest BCUT2D eigenvalue weighted by atomic mass is 9.98. The van der Waals surface area contributed by atoms with Crippen molar-refractivity contribution < 1.29 is 49.7 Å². The molecule has 146 valence electrons. The van der Waals surface area contributed by atoms with Crippen molar-refractivity contribution in [1.29, 1.82) is 0 Å². The van der Waals surface area contributed by atoms with Crippen molar-refractivity contribution in [1.82, 2.24) is 5.32 Å². The average molecular weight is 367 g/mol. The number of aliphatic hydroxyl groups is 6. The standard InChI is InChI=1S/C14H25NO10/c1-5-9(20)11(22)12(23)14(24-5)25-13(10(21)8(19)4-17)7(3-16)15-6(2)18/h3,5,7-14,17,19-23H,4H2,1-2H3,(H,15,18). The van der Waals surface area contributed by atoms with E-state index in [2.05, 4.69) is 5.32 Å². The summed E-state index contributed by atoms with van der Waals surface area (Å²) in [7, 11) is 0. The molecule has 0 saturated carbocycles. The predicted molar refractivity (Wildman–Crippen MR) is 80.0 cm³/mol. The van der Waals surface area contributed by atoms with Crippen LogP contribution in [0.4, 0.5) is 0 Å². The molecule has 1 heterocycles. The maximum atomic E-state index is 11.3. The lowest BCUT2D eigenvalue weighted by Gasteiger charge is -2.42. The Kier molecular flexibility index (Phi) is 8.31. The van der Waals surface area contributed by atoms with Crippen LogP contribution in [0.3, 0.4) is 0 Å². The third-order valence-electron chi connectivity index (χ3n) is 3.89. The predicted octanol–water partition coefficient (Wildman–Crippen LogP) is -4.38. The second-order valence-electron chi connectivity index (χ2n) is 5.88. The molecule has 0 bridgehead atoms. The first-order valence-electron chi connectivity index (χ1n) is 7.68. The van der Waals surface area contributed by atoms with Crippen molar-refractivity contribution in [3.63, 3.8) is 0 Å². The summed E-state index contributed by atoms with van der Waals surface area (Å²) in [6, 6.07) is -1.44. The summed E-state index contributed by atoms with van der Waals surface area (Å²) in [4.78, 5) is 22.5. The number of aldehydes is 1. The van der Waals surface area contributed by atoms with E-state index in [9.17, 15) is 35.1 Å². The fourth-order valence-electron chi connectivity index (χ4n) is 2.41. The van der Waals surface area contributed by atoms with E-state index in [1.165, 1.54) is 6.92 Å². The minimum atomic E-state index is -1.83. The van der Waals surface area contributed by atoms with Gasteiger partial charge >= 0.3 is 0 Å². The largest absolute Gasteiger partial charge is 0.394 e. The Morgan fingerprint density at radius 3 is 2.32 bits per heavy atom. The smallest absolute Gasteiger partial charge is 0.217 e. The molecule has 0 aliphatic carbocycles. The van der Waals surface area contributed by atoms with Crippen LogP contribution in [-0.4, -0.2) is 104 Å². The van der Waals surface area contributed by atoms with Crippen LogP contribution in [0.1, 0.15) is 13.8 Å². The molecule has 1 rings (SSSR count). The van der Waals surface area contributed by atoms with Crippen LogP contribution in [0.2, 0.25) is 0 Å². The first-order chi connectivity index (χ1) is 11.6. The van der Waals surface area contributed by atoms with Crippen LogP contribution in [0.5, 0.6) is 0 Å². The summed E-state index contributed by atoms with van der Waals surface area (Å²) in [5.41, 5.74) is 0. The molecule has 1 saturated heterocycles. The second-order valence-corrected chi connectivity index (χ2v) is 5.88. The number of aliphatic hydroxyl groups excluding tert-OH is 6. The topological polar surface area (TPSA) is 186 Å². The molecule has 0 radical (unpaired) electrons. The van der Waals surface area contributed by atoms with Crippen LogP contribution < -0.4 is 5.32 Å². The van der Waals surface area contributed by atoms with E-state index in [4.69, 9.17) is 14.6 Å². The molecule has 0 aromatic carbocycles. The normalized spacial score (nSPS) is 34.6. The van der Waals surface area contributed by atoms with E-state index >= 15 is 0 Å². The van der Waals surface area contributed by atoms with Gasteiger partial charge in [-0.1, -0.05) is 0 Å². The lowest BCUT2D eigenvalue weighted by Crippen LogP contribution is -2.61. The van der Waals surface area contributed by atoms with E-state index < -0.39 is 67.6 Å². The molecular formula is C14H25NO10. The second kappa shape index (κ2) is 9.50. The maximum absolute atomic E-state index is 11.3. The first kappa shape index (κ1) is 21.9. The monoisotopic (exact) mass is 367 g/mol. The van der Waals surface area contributed by atoms with Crippen LogP contribution in [0.25, 0.3) is 0 Å². The zero-order valence-electron chi connectivity index (χ0n) is 13.8. The van der Waals surface area contributed by atoms with Crippen LogP contribution in [0.15, 0.2) is 0 Å². The van der Waals surface area contributed by atoms with E-state index in [0.29, 0.717) is 0 Å². The van der Waals surface area contributed by atoms with Gasteiger partial charge < -0.3 is 50.2 Å². The van der Waals surface area contributed by atoms with Crippen LogP contribution >= 0.6 is 0 Å². The third kappa shape index (κ3) is 5.39. The molecule has 0 spiro atoms. The molecule has 1 amide bonds. The Balaban J connectivity index is 3.02. The number of amides is 1. The van der Waals surface area contributed by atoms with Crippen molar-refractivity contribution >= 4 is 12.2 Å². The summed E-state index contributed by atoms with van der Waals surface area (Å²) in [5.74, 6) is -0.634. The summed E-state index contributed by atoms with van der Waals surface area (Å²) in [6.07, 6.45) is -12.2. The Morgan fingerprint density at radius 2 is 1.84 bits per heavy atom. The van der Waals surface area contributed by atoms with Gasteiger partial charge in [-0.2, -0.15) is 0 Å². The molecule has 1 aliphatic heterocycles. The first-order valence-corrected chi connectivity index (χ1v) is 7.68. The van der Waals surface area contributed by atoms with Crippen molar-refractivity contribution in [3.05, 3.63) is 0 Å². The zero-order chi connectivity index (χ0) is 19.3. The highest BCUT2D eigenvalue weighted by molar-refractivity contribution is 5.77. The minimum absolute atomic E-state index is 0.239. The van der Waals surface area contributed by atoms with E-state index in [1.807, 2.05) is 0 Å². The Hall–Kier alpha value is -1.18. The Bertz CT molecular complexity index is 449. The number of carbonyl (C=O) groups is 2. The molecule has 25 heavy (non-hydrogen) atoms. The van der Waals surface area contributed by atoms with Gasteiger partial charge in [-0.3, -0.25) is 4.79 Å². The van der Waals surface area contributed by atoms with Gasteiger partial charge in [-0.15, -0.1) is 0 Å². The van der Waals surface area contributed by atoms with Gasteiger partial charge in [0.1, 0.15) is 49.0 Å². The highest BCUT2D eigenvalue weighted by Gasteiger charge is 2.45. The molecule has 9 atom stereocenters. The number of ether oxygens (including phenoxy) is 2. The van der Waals surface area contributed by atoms with E-state index in [-0.39, 0.29) is 6.29 Å². The Morgan fingerprint density at radius 1 is 1.24 bits per heavy atom. The molecular weight excluding hydrogens is 342 g/mol. The molecule has 9 unspecified atom stereocenters. The number of hydrogen-bond acceptors (Lipinski definition) is 10. The number of nitrogens with one attached hydrogen (secondary N) is 1. The fraction of sp³-hybridized carbons (Fsp3) is 0.857. The summed E-state index contributed by atoms with van der Waals surface area (Å²) in [5, 5.41) is 60.3. The van der Waals surface area contributed by atoms with Gasteiger partial charge in [0.15, 0.2) is 6.29 Å². The lowest BCUT2D eigenvalue weighted by molar-refractivity contribution is -0.314. The Labute approximate surface area is 143 Å². The van der Waals surface area contributed by atoms with Crippen LogP contribution in [-0.2, 0) is 19.1 Å². The van der Waals surface area contributed by atoms with Gasteiger partial charge in [0.05, 0.1) is 12.7 Å². The number of hydrogen-bond donors (Lipinski definition) is 7. The van der Waals surface area contributed by atoms with Crippen molar-refractivity contribution in [3.8, 4) is 0 Å². The SMILES string of the molecule is CC(=O)NC(C=O)C(OC1OC(C)C(O)C(O)C1O)C(O)C(O)CO.